The Morgan fingerprint density at radius 1 is 1.10 bits per heavy atom. The highest BCUT2D eigenvalue weighted by atomic mass is 32.2. The Balaban J connectivity index is 1.39. The lowest BCUT2D eigenvalue weighted by Gasteiger charge is -2.32. The zero-order valence-electron chi connectivity index (χ0n) is 17.3. The third-order valence-corrected chi connectivity index (χ3v) is 8.03. The maximum absolute atomic E-state index is 13.4. The first-order valence-corrected chi connectivity index (χ1v) is 12.4. The molecule has 9 heteroatoms. The first kappa shape index (κ1) is 21.4. The Hall–Kier alpha value is -1.84. The molecule has 7 nitrogen and oxygen atoms in total. The summed E-state index contributed by atoms with van der Waals surface area (Å²) < 4.78 is 45.9. The van der Waals surface area contributed by atoms with Gasteiger partial charge in [-0.25, -0.2) is 12.8 Å². The number of likely N-dealkylation sites (tertiary alicyclic amines) is 1. The van der Waals surface area contributed by atoms with Crippen molar-refractivity contribution in [3.63, 3.8) is 0 Å². The van der Waals surface area contributed by atoms with Crippen LogP contribution in [0.15, 0.2) is 28.7 Å². The minimum Gasteiger partial charge on any atom is -0.423 e. The van der Waals surface area contributed by atoms with Crippen LogP contribution in [-0.2, 0) is 16.6 Å². The Morgan fingerprint density at radius 3 is 2.60 bits per heavy atom. The van der Waals surface area contributed by atoms with E-state index < -0.39 is 10.0 Å². The van der Waals surface area contributed by atoms with Gasteiger partial charge in [0.15, 0.2) is 0 Å². The van der Waals surface area contributed by atoms with Crippen molar-refractivity contribution in [2.45, 2.75) is 57.5 Å². The van der Waals surface area contributed by atoms with Gasteiger partial charge in [-0.05, 0) is 63.4 Å². The van der Waals surface area contributed by atoms with Crippen LogP contribution < -0.4 is 0 Å². The van der Waals surface area contributed by atoms with Gasteiger partial charge in [0.1, 0.15) is 11.9 Å². The molecule has 0 saturated carbocycles. The Bertz CT molecular complexity index is 957. The number of nitrogens with zero attached hydrogens (tertiary/aromatic N) is 4. The van der Waals surface area contributed by atoms with Gasteiger partial charge in [0.05, 0.1) is 5.75 Å². The molecule has 3 heterocycles. The minimum atomic E-state index is -3.30. The van der Waals surface area contributed by atoms with Crippen molar-refractivity contribution in [3.05, 3.63) is 47.4 Å². The lowest BCUT2D eigenvalue weighted by atomic mass is 9.96. The number of hydrogen-bond donors (Lipinski definition) is 0. The van der Waals surface area contributed by atoms with Crippen LogP contribution in [0.4, 0.5) is 4.39 Å². The van der Waals surface area contributed by atoms with Crippen LogP contribution in [0.25, 0.3) is 0 Å². The van der Waals surface area contributed by atoms with Gasteiger partial charge >= 0.3 is 0 Å². The Kier molecular flexibility index (Phi) is 6.50. The minimum absolute atomic E-state index is 0.0776. The molecule has 2 aliphatic rings. The van der Waals surface area contributed by atoms with Gasteiger partial charge in [0, 0.05) is 19.0 Å². The van der Waals surface area contributed by atoms with Crippen molar-refractivity contribution in [1.82, 2.24) is 19.4 Å². The van der Waals surface area contributed by atoms with Gasteiger partial charge in [-0.3, -0.25) is 4.90 Å². The molecule has 0 radical (unpaired) electrons. The average Bonchev–Trinajstić information content (AvgIpc) is 3.24. The molecular weight excluding hydrogens is 407 g/mol. The number of sulfonamides is 1. The molecule has 30 heavy (non-hydrogen) atoms. The summed E-state index contributed by atoms with van der Waals surface area (Å²) in [5.74, 6) is 1.07. The highest BCUT2D eigenvalue weighted by Gasteiger charge is 2.36. The molecule has 0 unspecified atom stereocenters. The Labute approximate surface area is 177 Å². The summed E-state index contributed by atoms with van der Waals surface area (Å²) in [6, 6.07) is 6.38. The summed E-state index contributed by atoms with van der Waals surface area (Å²) in [4.78, 5) is 2.30. The first-order valence-electron chi connectivity index (χ1n) is 10.8. The summed E-state index contributed by atoms with van der Waals surface area (Å²) in [5.41, 5.74) is 0.975. The second-order valence-electron chi connectivity index (χ2n) is 8.18. The lowest BCUT2D eigenvalue weighted by molar-refractivity contribution is 0.183. The number of piperidine rings is 2. The Morgan fingerprint density at radius 2 is 1.87 bits per heavy atom. The molecule has 2 aromatic rings. The predicted molar refractivity (Wildman–Crippen MR) is 111 cm³/mol. The molecule has 0 aliphatic carbocycles. The molecular formula is C21H29FN4O3S. The highest BCUT2D eigenvalue weighted by Crippen LogP contribution is 2.35. The predicted octanol–water partition coefficient (Wildman–Crippen LogP) is 3.47. The van der Waals surface area contributed by atoms with Gasteiger partial charge in [-0.2, -0.15) is 4.31 Å². The number of aromatic nitrogens is 2. The van der Waals surface area contributed by atoms with Gasteiger partial charge in [-0.1, -0.05) is 18.6 Å². The average molecular weight is 437 g/mol. The largest absolute Gasteiger partial charge is 0.423 e. The molecule has 2 saturated heterocycles. The normalized spacial score (nSPS) is 22.4. The van der Waals surface area contributed by atoms with Crippen molar-refractivity contribution in [1.29, 1.82) is 0 Å². The van der Waals surface area contributed by atoms with Gasteiger partial charge in [-0.15, -0.1) is 10.2 Å². The molecule has 2 aliphatic heterocycles. The monoisotopic (exact) mass is 436 g/mol. The molecule has 0 spiro atoms. The van der Waals surface area contributed by atoms with E-state index in [2.05, 4.69) is 15.1 Å². The SMILES string of the molecule is CCS(=O)(=O)N1CCCC[C@H]1c1nnc(C2CCN(Cc3cccc(F)c3)CC2)o1. The van der Waals surface area contributed by atoms with Crippen LogP contribution in [0.5, 0.6) is 0 Å². The zero-order valence-corrected chi connectivity index (χ0v) is 18.2. The molecule has 0 N–H and O–H groups in total. The second-order valence-corrected chi connectivity index (χ2v) is 10.4. The molecule has 0 bridgehead atoms. The quantitative estimate of drug-likeness (QED) is 0.690. The van der Waals surface area contributed by atoms with Gasteiger partial charge in [0.2, 0.25) is 21.8 Å². The van der Waals surface area contributed by atoms with Crippen molar-refractivity contribution in [2.75, 3.05) is 25.4 Å². The second kappa shape index (κ2) is 9.11. The van der Waals surface area contributed by atoms with Crippen LogP contribution in [0.1, 0.15) is 68.3 Å². The molecule has 1 aromatic carbocycles. The zero-order chi connectivity index (χ0) is 21.1. The molecule has 2 fully saturated rings. The fraction of sp³-hybridized carbons (Fsp3) is 0.619. The highest BCUT2D eigenvalue weighted by molar-refractivity contribution is 7.89. The van der Waals surface area contributed by atoms with Gasteiger partial charge < -0.3 is 4.42 Å². The van der Waals surface area contributed by atoms with Crippen LogP contribution >= 0.6 is 0 Å². The number of halogens is 1. The molecule has 4 rings (SSSR count). The maximum Gasteiger partial charge on any atom is 0.234 e. The third-order valence-electron chi connectivity index (χ3n) is 6.15. The topological polar surface area (TPSA) is 79.5 Å². The van der Waals surface area contributed by atoms with E-state index in [0.29, 0.717) is 24.7 Å². The number of hydrogen-bond acceptors (Lipinski definition) is 6. The van der Waals surface area contributed by atoms with Crippen molar-refractivity contribution < 1.29 is 17.2 Å². The first-order chi connectivity index (χ1) is 14.5. The summed E-state index contributed by atoms with van der Waals surface area (Å²) in [7, 11) is -3.30. The van der Waals surface area contributed by atoms with Gasteiger partial charge in [0.25, 0.3) is 0 Å². The standard InChI is InChI=1S/C21H29FN4O3S/c1-2-30(27,28)26-11-4-3-8-19(26)21-24-23-20(29-21)17-9-12-25(13-10-17)15-16-6-5-7-18(22)14-16/h5-7,14,17,19H,2-4,8-13,15H2,1H3/t19-/m0/s1. The smallest absolute Gasteiger partial charge is 0.234 e. The van der Waals surface area contributed by atoms with Crippen molar-refractivity contribution >= 4 is 10.0 Å². The summed E-state index contributed by atoms with van der Waals surface area (Å²) >= 11 is 0. The third kappa shape index (κ3) is 4.73. The van der Waals surface area contributed by atoms with E-state index in [-0.39, 0.29) is 23.5 Å². The van der Waals surface area contributed by atoms with Crippen molar-refractivity contribution in [3.8, 4) is 0 Å². The molecule has 1 atom stereocenters. The summed E-state index contributed by atoms with van der Waals surface area (Å²) in [5, 5.41) is 8.50. The van der Waals surface area contributed by atoms with E-state index in [9.17, 15) is 12.8 Å². The summed E-state index contributed by atoms with van der Waals surface area (Å²) in [6.07, 6.45) is 4.31. The van der Waals surface area contributed by atoms with E-state index >= 15 is 0 Å². The van der Waals surface area contributed by atoms with E-state index in [1.807, 2.05) is 6.07 Å². The fourth-order valence-corrected chi connectivity index (χ4v) is 5.75. The summed E-state index contributed by atoms with van der Waals surface area (Å²) in [6.45, 7) is 4.65. The lowest BCUT2D eigenvalue weighted by Crippen LogP contribution is -2.39. The van der Waals surface area contributed by atoms with E-state index in [1.165, 1.54) is 10.4 Å². The molecule has 0 amide bonds. The van der Waals surface area contributed by atoms with Crippen LogP contribution in [0.3, 0.4) is 0 Å². The fourth-order valence-electron chi connectivity index (χ4n) is 4.43. The van der Waals surface area contributed by atoms with Crippen LogP contribution in [0, 0.1) is 5.82 Å². The number of rotatable bonds is 6. The van der Waals surface area contributed by atoms with Crippen LogP contribution in [0.2, 0.25) is 0 Å². The number of benzene rings is 1. The van der Waals surface area contributed by atoms with E-state index in [4.69, 9.17) is 4.42 Å². The molecule has 1 aromatic heterocycles. The van der Waals surface area contributed by atoms with E-state index in [0.717, 1.165) is 50.9 Å². The van der Waals surface area contributed by atoms with Crippen molar-refractivity contribution in [2.24, 2.45) is 0 Å². The van der Waals surface area contributed by atoms with Crippen LogP contribution in [-0.4, -0.2) is 53.2 Å². The maximum atomic E-state index is 13.4. The van der Waals surface area contributed by atoms with E-state index in [1.54, 1.807) is 19.1 Å². The molecule has 164 valence electrons.